The molecule has 1 fully saturated rings. The average molecular weight is 174 g/mol. The number of rotatable bonds is 2. The van der Waals surface area contributed by atoms with E-state index in [1.54, 1.807) is 13.8 Å². The summed E-state index contributed by atoms with van der Waals surface area (Å²) >= 11 is 4.11. The molecular formula is C8H14O2S. The highest BCUT2D eigenvalue weighted by Crippen LogP contribution is 2.25. The van der Waals surface area contributed by atoms with E-state index in [1.807, 2.05) is 0 Å². The summed E-state index contributed by atoms with van der Waals surface area (Å²) < 4.78 is 4.49. The molecule has 1 rings (SSSR count). The van der Waals surface area contributed by atoms with Crippen LogP contribution in [-0.4, -0.2) is 16.8 Å². The van der Waals surface area contributed by atoms with Crippen LogP contribution in [0.25, 0.3) is 0 Å². The summed E-state index contributed by atoms with van der Waals surface area (Å²) in [6, 6.07) is 0. The van der Waals surface area contributed by atoms with Crippen LogP contribution < -0.4 is 0 Å². The minimum absolute atomic E-state index is 0.175. The molecule has 11 heavy (non-hydrogen) atoms. The number of ether oxygens (including phenoxy) is 1. The maximum atomic E-state index is 11.2. The van der Waals surface area contributed by atoms with Crippen LogP contribution in [0.3, 0.4) is 0 Å². The minimum Gasteiger partial charge on any atom is -0.461 e. The zero-order chi connectivity index (χ0) is 8.48. The number of hydrogen-bond acceptors (Lipinski definition) is 3. The van der Waals surface area contributed by atoms with Gasteiger partial charge in [-0.15, -0.1) is 0 Å². The molecule has 0 unspecified atom stereocenters. The summed E-state index contributed by atoms with van der Waals surface area (Å²) in [5, 5.41) is 0. The number of esters is 1. The standard InChI is InChI=1S/C8H14O2S/c1-8(2,11)7(9)10-6-4-3-5-6/h6,11H,3-5H2,1-2H3. The van der Waals surface area contributed by atoms with Gasteiger partial charge in [0.15, 0.2) is 0 Å². The SMILES string of the molecule is CC(C)(S)C(=O)OC1CCC1. The molecule has 0 aliphatic heterocycles. The van der Waals surface area contributed by atoms with Gasteiger partial charge in [0.25, 0.3) is 0 Å². The summed E-state index contributed by atoms with van der Waals surface area (Å²) in [4.78, 5) is 11.2. The van der Waals surface area contributed by atoms with Gasteiger partial charge in [0.2, 0.25) is 0 Å². The van der Waals surface area contributed by atoms with Gasteiger partial charge in [-0.25, -0.2) is 0 Å². The monoisotopic (exact) mass is 174 g/mol. The Labute approximate surface area is 72.7 Å². The minimum atomic E-state index is -0.643. The van der Waals surface area contributed by atoms with Gasteiger partial charge in [0.05, 0.1) is 0 Å². The third-order valence-corrected chi connectivity index (χ3v) is 2.01. The first-order valence-corrected chi connectivity index (χ1v) is 4.38. The Kier molecular flexibility index (Phi) is 2.47. The zero-order valence-corrected chi connectivity index (χ0v) is 7.86. The van der Waals surface area contributed by atoms with Crippen LogP contribution in [0.4, 0.5) is 0 Å². The van der Waals surface area contributed by atoms with Gasteiger partial charge in [-0.2, -0.15) is 12.6 Å². The first-order chi connectivity index (χ1) is 5.00. The van der Waals surface area contributed by atoms with Crippen molar-refractivity contribution in [3.8, 4) is 0 Å². The zero-order valence-electron chi connectivity index (χ0n) is 6.96. The van der Waals surface area contributed by atoms with Gasteiger partial charge < -0.3 is 4.74 Å². The van der Waals surface area contributed by atoms with Crippen molar-refractivity contribution in [3.05, 3.63) is 0 Å². The lowest BCUT2D eigenvalue weighted by atomic mass is 9.96. The number of thiol groups is 1. The van der Waals surface area contributed by atoms with Crippen LogP contribution in [0.1, 0.15) is 33.1 Å². The fourth-order valence-corrected chi connectivity index (χ4v) is 0.837. The molecule has 0 spiro atoms. The first-order valence-electron chi connectivity index (χ1n) is 3.93. The summed E-state index contributed by atoms with van der Waals surface area (Å²) in [6.07, 6.45) is 3.41. The molecule has 0 aromatic heterocycles. The van der Waals surface area contributed by atoms with E-state index in [1.165, 1.54) is 6.42 Å². The van der Waals surface area contributed by atoms with Gasteiger partial charge in [-0.1, -0.05) is 0 Å². The molecule has 0 heterocycles. The van der Waals surface area contributed by atoms with Crippen molar-refractivity contribution in [1.82, 2.24) is 0 Å². The number of hydrogen-bond donors (Lipinski definition) is 1. The van der Waals surface area contributed by atoms with Crippen molar-refractivity contribution < 1.29 is 9.53 Å². The molecule has 0 aromatic rings. The van der Waals surface area contributed by atoms with E-state index in [0.717, 1.165) is 12.8 Å². The molecule has 0 radical (unpaired) electrons. The number of carbonyl (C=O) groups is 1. The molecular weight excluding hydrogens is 160 g/mol. The van der Waals surface area contributed by atoms with Gasteiger partial charge in [-0.05, 0) is 33.1 Å². The summed E-state index contributed by atoms with van der Waals surface area (Å²) in [5.41, 5.74) is 0. The lowest BCUT2D eigenvalue weighted by Crippen LogP contribution is -2.34. The second kappa shape index (κ2) is 3.05. The van der Waals surface area contributed by atoms with E-state index in [-0.39, 0.29) is 12.1 Å². The van der Waals surface area contributed by atoms with Crippen LogP contribution >= 0.6 is 12.6 Å². The van der Waals surface area contributed by atoms with Crippen LogP contribution in [0.15, 0.2) is 0 Å². The van der Waals surface area contributed by atoms with Crippen molar-refractivity contribution in [3.63, 3.8) is 0 Å². The second-order valence-corrected chi connectivity index (χ2v) is 4.64. The van der Waals surface area contributed by atoms with E-state index in [4.69, 9.17) is 4.74 Å². The van der Waals surface area contributed by atoms with E-state index in [9.17, 15) is 4.79 Å². The molecule has 0 amide bonds. The van der Waals surface area contributed by atoms with Crippen molar-refractivity contribution in [2.24, 2.45) is 0 Å². The van der Waals surface area contributed by atoms with Crippen LogP contribution in [0.2, 0.25) is 0 Å². The van der Waals surface area contributed by atoms with E-state index in [2.05, 4.69) is 12.6 Å². The molecule has 64 valence electrons. The maximum Gasteiger partial charge on any atom is 0.321 e. The van der Waals surface area contributed by atoms with Crippen molar-refractivity contribution in [2.75, 3.05) is 0 Å². The smallest absolute Gasteiger partial charge is 0.321 e. The summed E-state index contributed by atoms with van der Waals surface area (Å²) in [5.74, 6) is -0.203. The van der Waals surface area contributed by atoms with Gasteiger partial charge in [0, 0.05) is 0 Å². The Bertz CT molecular complexity index is 156. The molecule has 0 saturated heterocycles. The highest BCUT2D eigenvalue weighted by Gasteiger charge is 2.29. The third kappa shape index (κ3) is 2.40. The molecule has 1 aliphatic carbocycles. The van der Waals surface area contributed by atoms with Gasteiger partial charge in [-0.3, -0.25) is 4.79 Å². The highest BCUT2D eigenvalue weighted by molar-refractivity contribution is 7.82. The summed E-state index contributed by atoms with van der Waals surface area (Å²) in [7, 11) is 0. The normalized spacial score (nSPS) is 19.2. The summed E-state index contributed by atoms with van der Waals surface area (Å²) in [6.45, 7) is 3.49. The predicted molar refractivity (Wildman–Crippen MR) is 46.8 cm³/mol. The number of carbonyl (C=O) groups excluding carboxylic acids is 1. The molecule has 2 nitrogen and oxygen atoms in total. The second-order valence-electron chi connectivity index (χ2n) is 3.52. The van der Waals surface area contributed by atoms with Crippen molar-refractivity contribution >= 4 is 18.6 Å². The van der Waals surface area contributed by atoms with Crippen LogP contribution in [0, 0.1) is 0 Å². The van der Waals surface area contributed by atoms with Gasteiger partial charge in [0.1, 0.15) is 10.9 Å². The quantitative estimate of drug-likeness (QED) is 0.510. The molecule has 0 N–H and O–H groups in total. The lowest BCUT2D eigenvalue weighted by Gasteiger charge is -2.28. The van der Waals surface area contributed by atoms with Crippen LogP contribution in [-0.2, 0) is 9.53 Å². The first kappa shape index (κ1) is 8.91. The average Bonchev–Trinajstić information content (AvgIpc) is 1.75. The lowest BCUT2D eigenvalue weighted by molar-refractivity contribution is -0.154. The Morgan fingerprint density at radius 2 is 2.09 bits per heavy atom. The van der Waals surface area contributed by atoms with Crippen molar-refractivity contribution in [2.45, 2.75) is 44.0 Å². The van der Waals surface area contributed by atoms with E-state index in [0.29, 0.717) is 0 Å². The predicted octanol–water partition coefficient (Wildman–Crippen LogP) is 1.79. The Balaban J connectivity index is 2.30. The maximum absolute atomic E-state index is 11.2. The Morgan fingerprint density at radius 1 is 1.55 bits per heavy atom. The molecule has 1 aliphatic rings. The Morgan fingerprint density at radius 3 is 2.36 bits per heavy atom. The molecule has 1 saturated carbocycles. The molecule has 0 atom stereocenters. The fraction of sp³-hybridized carbons (Fsp3) is 0.875. The van der Waals surface area contributed by atoms with Gasteiger partial charge >= 0.3 is 5.97 Å². The highest BCUT2D eigenvalue weighted by atomic mass is 32.1. The molecule has 0 aromatic carbocycles. The van der Waals surface area contributed by atoms with E-state index < -0.39 is 4.75 Å². The largest absolute Gasteiger partial charge is 0.461 e. The Hall–Kier alpha value is -0.180. The topological polar surface area (TPSA) is 26.3 Å². The fourth-order valence-electron chi connectivity index (χ4n) is 0.784. The third-order valence-electron chi connectivity index (χ3n) is 1.83. The van der Waals surface area contributed by atoms with Crippen LogP contribution in [0.5, 0.6) is 0 Å². The molecule has 3 heteroatoms. The van der Waals surface area contributed by atoms with E-state index >= 15 is 0 Å². The van der Waals surface area contributed by atoms with Crippen molar-refractivity contribution in [1.29, 1.82) is 0 Å². The molecule has 0 bridgehead atoms.